The van der Waals surface area contributed by atoms with E-state index in [-0.39, 0.29) is 23.6 Å². The van der Waals surface area contributed by atoms with Crippen molar-refractivity contribution in [2.75, 3.05) is 19.7 Å². The number of esters is 1. The number of carbonyl (C=O) groups excluding carboxylic acids is 2. The molecule has 104 valence electrons. The molecule has 2 rings (SSSR count). The van der Waals surface area contributed by atoms with E-state index < -0.39 is 0 Å². The van der Waals surface area contributed by atoms with Crippen molar-refractivity contribution in [1.82, 2.24) is 15.0 Å². The molecule has 1 aromatic heterocycles. The predicted molar refractivity (Wildman–Crippen MR) is 64.3 cm³/mol. The Bertz CT molecular complexity index is 471. The molecular weight excluding hydrogens is 250 g/mol. The Morgan fingerprint density at radius 1 is 1.53 bits per heavy atom. The molecule has 1 aliphatic heterocycles. The van der Waals surface area contributed by atoms with Gasteiger partial charge in [-0.05, 0) is 19.8 Å². The maximum atomic E-state index is 12.1. The molecule has 0 spiro atoms. The summed E-state index contributed by atoms with van der Waals surface area (Å²) in [6.45, 7) is 4.70. The number of piperidine rings is 1. The summed E-state index contributed by atoms with van der Waals surface area (Å²) >= 11 is 0. The fraction of sp³-hybridized carbons (Fsp3) is 0.667. The Morgan fingerprint density at radius 2 is 2.32 bits per heavy atom. The van der Waals surface area contributed by atoms with Crippen LogP contribution in [0.2, 0.25) is 0 Å². The Hall–Kier alpha value is -1.92. The third kappa shape index (κ3) is 3.10. The summed E-state index contributed by atoms with van der Waals surface area (Å²) in [5.74, 6) is -0.412. The van der Waals surface area contributed by atoms with Crippen molar-refractivity contribution < 1.29 is 18.8 Å². The highest BCUT2D eigenvalue weighted by molar-refractivity contribution is 5.90. The molecule has 1 aromatic rings. The average molecular weight is 267 g/mol. The van der Waals surface area contributed by atoms with Crippen LogP contribution in [-0.4, -0.2) is 46.6 Å². The van der Waals surface area contributed by atoms with Crippen molar-refractivity contribution in [3.63, 3.8) is 0 Å². The van der Waals surface area contributed by atoms with Crippen LogP contribution in [0.25, 0.3) is 0 Å². The Morgan fingerprint density at radius 3 is 2.95 bits per heavy atom. The summed E-state index contributed by atoms with van der Waals surface area (Å²) in [5, 5.41) is 3.60. The second kappa shape index (κ2) is 5.81. The number of rotatable bonds is 3. The summed E-state index contributed by atoms with van der Waals surface area (Å²) in [7, 11) is 0. The summed E-state index contributed by atoms with van der Waals surface area (Å²) in [4.78, 5) is 29.3. The minimum absolute atomic E-state index is 0.0435. The van der Waals surface area contributed by atoms with Crippen LogP contribution in [0.5, 0.6) is 0 Å². The minimum Gasteiger partial charge on any atom is -0.466 e. The van der Waals surface area contributed by atoms with E-state index >= 15 is 0 Å². The molecule has 1 aliphatic rings. The number of likely N-dealkylation sites (tertiary alicyclic amines) is 1. The lowest BCUT2D eigenvalue weighted by atomic mass is 9.98. The highest BCUT2D eigenvalue weighted by Gasteiger charge is 2.31. The third-order valence-electron chi connectivity index (χ3n) is 3.05. The van der Waals surface area contributed by atoms with Crippen LogP contribution in [-0.2, 0) is 9.53 Å². The van der Waals surface area contributed by atoms with Crippen LogP contribution in [0.3, 0.4) is 0 Å². The molecule has 0 radical (unpaired) electrons. The van der Waals surface area contributed by atoms with E-state index in [1.807, 2.05) is 0 Å². The van der Waals surface area contributed by atoms with Gasteiger partial charge < -0.3 is 14.2 Å². The molecule has 1 saturated heterocycles. The number of aromatic nitrogens is 2. The number of ether oxygens (including phenoxy) is 1. The molecule has 1 amide bonds. The zero-order valence-electron chi connectivity index (χ0n) is 11.1. The molecule has 0 unspecified atom stereocenters. The van der Waals surface area contributed by atoms with E-state index in [4.69, 9.17) is 9.26 Å². The van der Waals surface area contributed by atoms with Crippen molar-refractivity contribution >= 4 is 11.9 Å². The van der Waals surface area contributed by atoms with E-state index in [1.54, 1.807) is 18.7 Å². The molecule has 0 N–H and O–H groups in total. The van der Waals surface area contributed by atoms with E-state index in [9.17, 15) is 9.59 Å². The van der Waals surface area contributed by atoms with Crippen LogP contribution in [0.4, 0.5) is 0 Å². The van der Waals surface area contributed by atoms with Gasteiger partial charge in [-0.3, -0.25) is 9.59 Å². The second-order valence-electron chi connectivity index (χ2n) is 4.48. The van der Waals surface area contributed by atoms with E-state index in [0.29, 0.717) is 25.6 Å². The molecule has 2 heterocycles. The molecular formula is C12H17N3O4. The van der Waals surface area contributed by atoms with Gasteiger partial charge >= 0.3 is 5.97 Å². The van der Waals surface area contributed by atoms with Crippen LogP contribution in [0.1, 0.15) is 36.3 Å². The first-order chi connectivity index (χ1) is 9.11. The Balaban J connectivity index is 2.01. The summed E-state index contributed by atoms with van der Waals surface area (Å²) < 4.78 is 9.78. The van der Waals surface area contributed by atoms with Gasteiger partial charge in [0, 0.05) is 20.0 Å². The number of amides is 1. The van der Waals surface area contributed by atoms with Gasteiger partial charge in [0.25, 0.3) is 11.7 Å². The topological polar surface area (TPSA) is 85.5 Å². The zero-order chi connectivity index (χ0) is 13.8. The average Bonchev–Trinajstić information content (AvgIpc) is 2.85. The second-order valence-corrected chi connectivity index (χ2v) is 4.48. The predicted octanol–water partition coefficient (Wildman–Crippen LogP) is 0.793. The van der Waals surface area contributed by atoms with Gasteiger partial charge in [-0.15, -0.1) is 0 Å². The lowest BCUT2D eigenvalue weighted by Crippen LogP contribution is -2.43. The summed E-state index contributed by atoms with van der Waals surface area (Å²) in [6, 6.07) is 0. The maximum Gasteiger partial charge on any atom is 0.310 e. The fourth-order valence-corrected chi connectivity index (χ4v) is 2.14. The van der Waals surface area contributed by atoms with Crippen molar-refractivity contribution in [2.45, 2.75) is 26.7 Å². The van der Waals surface area contributed by atoms with Gasteiger partial charge in [-0.1, -0.05) is 5.16 Å². The van der Waals surface area contributed by atoms with Gasteiger partial charge in [0.2, 0.25) is 5.89 Å². The Labute approximate surface area is 110 Å². The molecule has 1 fully saturated rings. The number of hydrogen-bond donors (Lipinski definition) is 0. The standard InChI is InChI=1S/C12H17N3O4/c1-3-18-12(17)9-5-4-6-15(7-9)11(16)10-13-8(2)19-14-10/h9H,3-7H2,1-2H3/t9-/m0/s1. The van der Waals surface area contributed by atoms with Crippen molar-refractivity contribution in [1.29, 1.82) is 0 Å². The lowest BCUT2D eigenvalue weighted by molar-refractivity contribution is -0.149. The van der Waals surface area contributed by atoms with Gasteiger partial charge in [0.15, 0.2) is 0 Å². The third-order valence-corrected chi connectivity index (χ3v) is 3.05. The monoisotopic (exact) mass is 267 g/mol. The van der Waals surface area contributed by atoms with Gasteiger partial charge in [-0.25, -0.2) is 0 Å². The fourth-order valence-electron chi connectivity index (χ4n) is 2.14. The molecule has 7 nitrogen and oxygen atoms in total. The lowest BCUT2D eigenvalue weighted by Gasteiger charge is -2.30. The maximum absolute atomic E-state index is 12.1. The SMILES string of the molecule is CCOC(=O)[C@H]1CCCN(C(=O)c2noc(C)n2)C1. The van der Waals surface area contributed by atoms with Crippen molar-refractivity contribution in [3.8, 4) is 0 Å². The highest BCUT2D eigenvalue weighted by atomic mass is 16.5. The molecule has 1 atom stereocenters. The first-order valence-electron chi connectivity index (χ1n) is 6.38. The quantitative estimate of drug-likeness (QED) is 0.753. The minimum atomic E-state index is -0.300. The molecule has 19 heavy (non-hydrogen) atoms. The van der Waals surface area contributed by atoms with E-state index in [0.717, 1.165) is 12.8 Å². The van der Waals surface area contributed by atoms with Crippen LogP contribution >= 0.6 is 0 Å². The van der Waals surface area contributed by atoms with Crippen LogP contribution in [0, 0.1) is 12.8 Å². The Kier molecular flexibility index (Phi) is 4.13. The highest BCUT2D eigenvalue weighted by Crippen LogP contribution is 2.19. The molecule has 0 saturated carbocycles. The van der Waals surface area contributed by atoms with Gasteiger partial charge in [0.05, 0.1) is 12.5 Å². The normalized spacial score (nSPS) is 19.3. The largest absolute Gasteiger partial charge is 0.466 e. The van der Waals surface area contributed by atoms with Crippen LogP contribution < -0.4 is 0 Å². The zero-order valence-corrected chi connectivity index (χ0v) is 11.1. The smallest absolute Gasteiger partial charge is 0.310 e. The van der Waals surface area contributed by atoms with Crippen molar-refractivity contribution in [3.05, 3.63) is 11.7 Å². The van der Waals surface area contributed by atoms with Gasteiger partial charge in [-0.2, -0.15) is 4.98 Å². The summed E-state index contributed by atoms with van der Waals surface area (Å²) in [6.07, 6.45) is 1.51. The molecule has 0 aliphatic carbocycles. The van der Waals surface area contributed by atoms with Crippen LogP contribution in [0.15, 0.2) is 4.52 Å². The van der Waals surface area contributed by atoms with E-state index in [1.165, 1.54) is 0 Å². The first-order valence-corrected chi connectivity index (χ1v) is 6.38. The number of nitrogens with zero attached hydrogens (tertiary/aromatic N) is 3. The number of hydrogen-bond acceptors (Lipinski definition) is 6. The summed E-state index contributed by atoms with van der Waals surface area (Å²) in [5.41, 5.74) is 0. The molecule has 0 bridgehead atoms. The van der Waals surface area contributed by atoms with Gasteiger partial charge in [0.1, 0.15) is 0 Å². The number of carbonyl (C=O) groups is 2. The van der Waals surface area contributed by atoms with E-state index in [2.05, 4.69) is 10.1 Å². The first kappa shape index (κ1) is 13.5. The molecule has 0 aromatic carbocycles. The van der Waals surface area contributed by atoms with Crippen molar-refractivity contribution in [2.24, 2.45) is 5.92 Å². The molecule has 7 heteroatoms. The number of aryl methyl sites for hydroxylation is 1.